The standard InChI is InChI=1S/C26H27BrN2O8S/c1-4-34-18-9-7-17(8-10-18)28-22(30)14-29-25(32)21(38-26(29)33)13-16-11-19(27)24(20(12-16)35-5-2)37-15-23(31)36-6-3/h7-13H,4-6,14-15H2,1-3H3,(H,28,30)/b21-13+. The van der Waals surface area contributed by atoms with Gasteiger partial charge in [0.15, 0.2) is 18.1 Å². The van der Waals surface area contributed by atoms with Crippen molar-refractivity contribution < 1.29 is 38.1 Å². The summed E-state index contributed by atoms with van der Waals surface area (Å²) in [4.78, 5) is 50.7. The van der Waals surface area contributed by atoms with Crippen LogP contribution in [0.1, 0.15) is 26.3 Å². The number of anilines is 1. The average Bonchev–Trinajstić information content (AvgIpc) is 3.12. The highest BCUT2D eigenvalue weighted by Crippen LogP contribution is 2.39. The number of hydrogen-bond donors (Lipinski definition) is 1. The largest absolute Gasteiger partial charge is 0.494 e. The Hall–Kier alpha value is -3.51. The first-order valence-electron chi connectivity index (χ1n) is 11.8. The van der Waals surface area contributed by atoms with Gasteiger partial charge in [0.1, 0.15) is 12.3 Å². The van der Waals surface area contributed by atoms with Gasteiger partial charge in [-0.15, -0.1) is 0 Å². The Kier molecular flexibility index (Phi) is 10.6. The number of thioether (sulfide) groups is 1. The molecule has 0 unspecified atom stereocenters. The highest BCUT2D eigenvalue weighted by molar-refractivity contribution is 9.10. The summed E-state index contributed by atoms with van der Waals surface area (Å²) in [7, 11) is 0. The number of halogens is 1. The minimum Gasteiger partial charge on any atom is -0.494 e. The Morgan fingerprint density at radius 2 is 1.71 bits per heavy atom. The van der Waals surface area contributed by atoms with Gasteiger partial charge in [-0.25, -0.2) is 4.79 Å². The minimum absolute atomic E-state index is 0.151. The number of rotatable bonds is 12. The third-order valence-corrected chi connectivity index (χ3v) is 6.39. The van der Waals surface area contributed by atoms with Crippen LogP contribution in [0.15, 0.2) is 45.8 Å². The van der Waals surface area contributed by atoms with E-state index >= 15 is 0 Å². The van der Waals surface area contributed by atoms with Crippen molar-refractivity contribution in [2.24, 2.45) is 0 Å². The lowest BCUT2D eigenvalue weighted by Crippen LogP contribution is -2.36. The molecule has 0 aromatic heterocycles. The number of carbonyl (C=O) groups is 4. The summed E-state index contributed by atoms with van der Waals surface area (Å²) in [5.41, 5.74) is 1.06. The summed E-state index contributed by atoms with van der Waals surface area (Å²) < 4.78 is 22.0. The fourth-order valence-corrected chi connectivity index (χ4v) is 4.75. The van der Waals surface area contributed by atoms with Crippen LogP contribution < -0.4 is 19.5 Å². The van der Waals surface area contributed by atoms with E-state index in [-0.39, 0.29) is 18.1 Å². The highest BCUT2D eigenvalue weighted by Gasteiger charge is 2.36. The Morgan fingerprint density at radius 1 is 1.00 bits per heavy atom. The van der Waals surface area contributed by atoms with Crippen LogP contribution >= 0.6 is 27.7 Å². The summed E-state index contributed by atoms with van der Waals surface area (Å²) in [6, 6.07) is 10.1. The van der Waals surface area contributed by atoms with E-state index in [0.717, 1.165) is 16.7 Å². The van der Waals surface area contributed by atoms with Gasteiger partial charge in [0.2, 0.25) is 5.91 Å². The number of nitrogens with one attached hydrogen (secondary N) is 1. The Labute approximate surface area is 232 Å². The molecule has 0 spiro atoms. The first-order chi connectivity index (χ1) is 18.2. The summed E-state index contributed by atoms with van der Waals surface area (Å²) in [5, 5.41) is 2.11. The molecule has 1 N–H and O–H groups in total. The molecule has 1 aliphatic heterocycles. The zero-order valence-corrected chi connectivity index (χ0v) is 23.5. The van der Waals surface area contributed by atoms with Crippen LogP contribution in [0.3, 0.4) is 0 Å². The fraction of sp³-hybridized carbons (Fsp3) is 0.308. The first kappa shape index (κ1) is 29.1. The Bertz CT molecular complexity index is 1230. The van der Waals surface area contributed by atoms with Gasteiger partial charge >= 0.3 is 5.97 Å². The third-order valence-electron chi connectivity index (χ3n) is 4.89. The number of nitrogens with zero attached hydrogens (tertiary/aromatic N) is 1. The number of hydrogen-bond acceptors (Lipinski definition) is 9. The van der Waals surface area contributed by atoms with Gasteiger partial charge in [-0.05, 0) is 96.5 Å². The molecule has 202 valence electrons. The molecule has 1 fully saturated rings. The maximum Gasteiger partial charge on any atom is 0.344 e. The summed E-state index contributed by atoms with van der Waals surface area (Å²) >= 11 is 4.14. The van der Waals surface area contributed by atoms with Crippen LogP contribution in [-0.4, -0.2) is 60.9 Å². The predicted octanol–water partition coefficient (Wildman–Crippen LogP) is 4.86. The molecule has 2 aromatic rings. The number of amides is 3. The lowest BCUT2D eigenvalue weighted by molar-refractivity contribution is -0.145. The van der Waals surface area contributed by atoms with Crippen molar-refractivity contribution in [2.75, 3.05) is 38.3 Å². The third kappa shape index (κ3) is 7.75. The molecule has 0 aliphatic carbocycles. The highest BCUT2D eigenvalue weighted by atomic mass is 79.9. The topological polar surface area (TPSA) is 120 Å². The SMILES string of the molecule is CCOC(=O)COc1c(Br)cc(/C=C2/SC(=O)N(CC(=O)Nc3ccc(OCC)cc3)C2=O)cc1OCC. The van der Waals surface area contributed by atoms with Crippen molar-refractivity contribution in [3.05, 3.63) is 51.3 Å². The van der Waals surface area contributed by atoms with E-state index in [9.17, 15) is 19.2 Å². The Morgan fingerprint density at radius 3 is 2.37 bits per heavy atom. The van der Waals surface area contributed by atoms with Crippen LogP contribution in [0.25, 0.3) is 6.08 Å². The van der Waals surface area contributed by atoms with E-state index < -0.39 is 29.6 Å². The fourth-order valence-electron chi connectivity index (χ4n) is 3.34. The van der Waals surface area contributed by atoms with Gasteiger partial charge in [-0.2, -0.15) is 0 Å². The van der Waals surface area contributed by atoms with Crippen molar-refractivity contribution in [1.82, 2.24) is 4.90 Å². The van der Waals surface area contributed by atoms with Gasteiger partial charge in [-0.1, -0.05) is 0 Å². The molecule has 0 bridgehead atoms. The smallest absolute Gasteiger partial charge is 0.344 e. The van der Waals surface area contributed by atoms with E-state index in [2.05, 4.69) is 21.2 Å². The van der Waals surface area contributed by atoms with Crippen molar-refractivity contribution >= 4 is 62.5 Å². The monoisotopic (exact) mass is 606 g/mol. The van der Waals surface area contributed by atoms with E-state index in [4.69, 9.17) is 18.9 Å². The number of imide groups is 1. The van der Waals surface area contributed by atoms with Crippen molar-refractivity contribution in [1.29, 1.82) is 0 Å². The van der Waals surface area contributed by atoms with E-state index in [1.165, 1.54) is 6.08 Å². The minimum atomic E-state index is -0.585. The van der Waals surface area contributed by atoms with Crippen LogP contribution in [0, 0.1) is 0 Å². The molecular weight excluding hydrogens is 580 g/mol. The molecule has 3 amide bonds. The molecule has 1 aliphatic rings. The predicted molar refractivity (Wildman–Crippen MR) is 146 cm³/mol. The molecule has 2 aromatic carbocycles. The number of ether oxygens (including phenoxy) is 4. The second kappa shape index (κ2) is 13.9. The molecule has 0 saturated carbocycles. The van der Waals surface area contributed by atoms with Crippen LogP contribution in [0.4, 0.5) is 10.5 Å². The van der Waals surface area contributed by atoms with Crippen molar-refractivity contribution in [2.45, 2.75) is 20.8 Å². The maximum absolute atomic E-state index is 12.9. The van der Waals surface area contributed by atoms with E-state index in [0.29, 0.717) is 46.2 Å². The molecule has 38 heavy (non-hydrogen) atoms. The molecule has 3 rings (SSSR count). The number of carbonyl (C=O) groups excluding carboxylic acids is 4. The van der Waals surface area contributed by atoms with Gasteiger partial charge < -0.3 is 24.3 Å². The van der Waals surface area contributed by atoms with Gasteiger partial charge in [0.25, 0.3) is 11.1 Å². The van der Waals surface area contributed by atoms with Crippen LogP contribution in [0.5, 0.6) is 17.2 Å². The quantitative estimate of drug-likeness (QED) is 0.266. The van der Waals surface area contributed by atoms with Gasteiger partial charge in [-0.3, -0.25) is 19.3 Å². The maximum atomic E-state index is 12.9. The summed E-state index contributed by atoms with van der Waals surface area (Å²) in [6.07, 6.45) is 1.53. The number of benzene rings is 2. The number of esters is 1. The zero-order valence-electron chi connectivity index (χ0n) is 21.1. The second-order valence-corrected chi connectivity index (χ2v) is 9.48. The summed E-state index contributed by atoms with van der Waals surface area (Å²) in [6.45, 7) is 5.71. The Balaban J connectivity index is 1.71. The van der Waals surface area contributed by atoms with Crippen molar-refractivity contribution in [3.8, 4) is 17.2 Å². The molecule has 12 heteroatoms. The lowest BCUT2D eigenvalue weighted by Gasteiger charge is -2.14. The van der Waals surface area contributed by atoms with Gasteiger partial charge in [0, 0.05) is 5.69 Å². The molecule has 0 radical (unpaired) electrons. The first-order valence-corrected chi connectivity index (χ1v) is 13.4. The molecule has 10 nitrogen and oxygen atoms in total. The molecule has 0 atom stereocenters. The average molecular weight is 607 g/mol. The van der Waals surface area contributed by atoms with Crippen LogP contribution in [-0.2, 0) is 19.1 Å². The van der Waals surface area contributed by atoms with Crippen molar-refractivity contribution in [3.63, 3.8) is 0 Å². The van der Waals surface area contributed by atoms with E-state index in [1.807, 2.05) is 6.92 Å². The van der Waals surface area contributed by atoms with Gasteiger partial charge in [0.05, 0.1) is 29.2 Å². The molecule has 1 saturated heterocycles. The summed E-state index contributed by atoms with van der Waals surface area (Å²) in [5.74, 6) is -0.311. The zero-order chi connectivity index (χ0) is 27.7. The lowest BCUT2D eigenvalue weighted by atomic mass is 10.2. The van der Waals surface area contributed by atoms with Crippen LogP contribution in [0.2, 0.25) is 0 Å². The van der Waals surface area contributed by atoms with E-state index in [1.54, 1.807) is 50.2 Å². The molecule has 1 heterocycles. The molecular formula is C26H27BrN2O8S. The normalized spacial score (nSPS) is 14.0. The second-order valence-electron chi connectivity index (χ2n) is 7.63.